The lowest BCUT2D eigenvalue weighted by atomic mass is 9.85. The monoisotopic (exact) mass is 387 g/mol. The van der Waals surface area contributed by atoms with E-state index in [1.165, 1.54) is 18.2 Å². The van der Waals surface area contributed by atoms with Gasteiger partial charge in [0, 0.05) is 23.9 Å². The lowest BCUT2D eigenvalue weighted by Gasteiger charge is -2.21. The van der Waals surface area contributed by atoms with Crippen LogP contribution in [-0.2, 0) is 0 Å². The molecule has 3 heterocycles. The van der Waals surface area contributed by atoms with E-state index in [1.807, 2.05) is 18.2 Å². The molecule has 1 fully saturated rings. The number of aromatic nitrogens is 3. The van der Waals surface area contributed by atoms with Crippen LogP contribution in [0.3, 0.4) is 0 Å². The Morgan fingerprint density at radius 1 is 1.19 bits per heavy atom. The molecule has 3 aromatic heterocycles. The van der Waals surface area contributed by atoms with Crippen LogP contribution >= 0.6 is 23.4 Å². The van der Waals surface area contributed by atoms with E-state index in [0.29, 0.717) is 21.7 Å². The van der Waals surface area contributed by atoms with Crippen molar-refractivity contribution in [3.05, 3.63) is 53.3 Å². The Morgan fingerprint density at radius 3 is 2.62 bits per heavy atom. The summed E-state index contributed by atoms with van der Waals surface area (Å²) in [7, 11) is 0. The SMILES string of the molecule is C[C@@H](O)c1ccc(-c2nc(C3CCC3)oc2Sc2ccc(Cl)cn2)cn1. The molecule has 0 aromatic carbocycles. The summed E-state index contributed by atoms with van der Waals surface area (Å²) in [5, 5.41) is 11.7. The molecule has 4 rings (SSSR count). The lowest BCUT2D eigenvalue weighted by molar-refractivity contribution is 0.194. The molecule has 0 unspecified atom stereocenters. The maximum absolute atomic E-state index is 9.65. The topological polar surface area (TPSA) is 72.0 Å². The molecule has 1 N–H and O–H groups in total. The van der Waals surface area contributed by atoms with Gasteiger partial charge in [0.05, 0.1) is 16.8 Å². The van der Waals surface area contributed by atoms with Crippen LogP contribution in [0.25, 0.3) is 11.3 Å². The lowest BCUT2D eigenvalue weighted by Crippen LogP contribution is -2.08. The first kappa shape index (κ1) is 17.5. The van der Waals surface area contributed by atoms with Crippen molar-refractivity contribution in [2.24, 2.45) is 0 Å². The third-order valence-corrected chi connectivity index (χ3v) is 5.59. The van der Waals surface area contributed by atoms with Gasteiger partial charge in [-0.15, -0.1) is 0 Å². The van der Waals surface area contributed by atoms with Gasteiger partial charge in [0.1, 0.15) is 10.7 Å². The van der Waals surface area contributed by atoms with E-state index in [9.17, 15) is 5.11 Å². The highest BCUT2D eigenvalue weighted by Gasteiger charge is 2.27. The van der Waals surface area contributed by atoms with Gasteiger partial charge in [-0.25, -0.2) is 9.97 Å². The first-order chi connectivity index (χ1) is 12.6. The molecule has 1 saturated carbocycles. The van der Waals surface area contributed by atoms with Gasteiger partial charge >= 0.3 is 0 Å². The van der Waals surface area contributed by atoms with Crippen molar-refractivity contribution in [2.45, 2.75) is 48.3 Å². The summed E-state index contributed by atoms with van der Waals surface area (Å²) in [6.45, 7) is 1.69. The maximum atomic E-state index is 9.65. The zero-order valence-corrected chi connectivity index (χ0v) is 15.8. The molecular formula is C19H18ClN3O2S. The summed E-state index contributed by atoms with van der Waals surface area (Å²) >= 11 is 7.34. The fourth-order valence-electron chi connectivity index (χ4n) is 2.71. The van der Waals surface area contributed by atoms with Gasteiger partial charge in [0.2, 0.25) is 0 Å². The minimum atomic E-state index is -0.598. The second-order valence-corrected chi connectivity index (χ2v) is 7.81. The molecule has 7 heteroatoms. The van der Waals surface area contributed by atoms with Gasteiger partial charge in [0.15, 0.2) is 11.0 Å². The quantitative estimate of drug-likeness (QED) is 0.644. The maximum Gasteiger partial charge on any atom is 0.199 e. The number of aliphatic hydroxyl groups is 1. The van der Waals surface area contributed by atoms with Gasteiger partial charge in [-0.2, -0.15) is 0 Å². The second kappa shape index (κ2) is 7.39. The fraction of sp³-hybridized carbons (Fsp3) is 0.316. The molecule has 5 nitrogen and oxygen atoms in total. The van der Waals surface area contributed by atoms with Crippen LogP contribution in [-0.4, -0.2) is 20.1 Å². The third-order valence-electron chi connectivity index (χ3n) is 4.45. The molecule has 0 bridgehead atoms. The number of hydrogen-bond acceptors (Lipinski definition) is 6. The molecule has 0 radical (unpaired) electrons. The van der Waals surface area contributed by atoms with Gasteiger partial charge in [-0.1, -0.05) is 18.0 Å². The zero-order chi connectivity index (χ0) is 18.1. The predicted molar refractivity (Wildman–Crippen MR) is 100 cm³/mol. The van der Waals surface area contributed by atoms with Crippen LogP contribution < -0.4 is 0 Å². The summed E-state index contributed by atoms with van der Waals surface area (Å²) in [6.07, 6.45) is 6.19. The molecular weight excluding hydrogens is 370 g/mol. The van der Waals surface area contributed by atoms with Crippen LogP contribution in [0.1, 0.15) is 49.8 Å². The predicted octanol–water partition coefficient (Wildman–Crippen LogP) is 5.26. The molecule has 0 aliphatic heterocycles. The van der Waals surface area contributed by atoms with Crippen molar-refractivity contribution in [2.75, 3.05) is 0 Å². The van der Waals surface area contributed by atoms with Gasteiger partial charge in [-0.3, -0.25) is 4.98 Å². The van der Waals surface area contributed by atoms with Crippen molar-refractivity contribution < 1.29 is 9.52 Å². The summed E-state index contributed by atoms with van der Waals surface area (Å²) < 4.78 is 6.09. The third kappa shape index (κ3) is 3.63. The smallest absolute Gasteiger partial charge is 0.199 e. The average molecular weight is 388 g/mol. The van der Waals surface area contributed by atoms with Crippen molar-refractivity contribution >= 4 is 23.4 Å². The largest absolute Gasteiger partial charge is 0.433 e. The van der Waals surface area contributed by atoms with E-state index in [-0.39, 0.29) is 0 Å². The van der Waals surface area contributed by atoms with Crippen LogP contribution in [0.5, 0.6) is 0 Å². The number of nitrogens with zero attached hydrogens (tertiary/aromatic N) is 3. The van der Waals surface area contributed by atoms with E-state index in [0.717, 1.165) is 35.0 Å². The van der Waals surface area contributed by atoms with Crippen molar-refractivity contribution in [1.29, 1.82) is 0 Å². The summed E-state index contributed by atoms with van der Waals surface area (Å²) in [5.41, 5.74) is 2.25. The Morgan fingerprint density at radius 2 is 2.04 bits per heavy atom. The molecule has 1 aliphatic carbocycles. The number of pyridine rings is 2. The Kier molecular flexibility index (Phi) is 4.98. The Hall–Kier alpha value is -1.89. The number of hydrogen-bond donors (Lipinski definition) is 1. The fourth-order valence-corrected chi connectivity index (χ4v) is 3.64. The van der Waals surface area contributed by atoms with Crippen LogP contribution in [0.4, 0.5) is 0 Å². The minimum Gasteiger partial charge on any atom is -0.433 e. The van der Waals surface area contributed by atoms with Gasteiger partial charge in [-0.05, 0) is 55.8 Å². The molecule has 26 heavy (non-hydrogen) atoms. The number of oxazole rings is 1. The highest BCUT2D eigenvalue weighted by Crippen LogP contribution is 2.42. The van der Waals surface area contributed by atoms with Crippen molar-refractivity contribution in [3.8, 4) is 11.3 Å². The molecule has 1 aliphatic rings. The molecule has 1 atom stereocenters. The molecule has 3 aromatic rings. The molecule has 0 saturated heterocycles. The second-order valence-electron chi connectivity index (χ2n) is 6.38. The Balaban J connectivity index is 1.69. The summed E-state index contributed by atoms with van der Waals surface area (Å²) in [5.74, 6) is 1.17. The average Bonchev–Trinajstić information content (AvgIpc) is 2.98. The highest BCUT2D eigenvalue weighted by atomic mass is 35.5. The van der Waals surface area contributed by atoms with Crippen LogP contribution in [0.2, 0.25) is 5.02 Å². The first-order valence-electron chi connectivity index (χ1n) is 8.54. The highest BCUT2D eigenvalue weighted by molar-refractivity contribution is 7.99. The standard InChI is InChI=1S/C19H18ClN3O2S/c1-11(24)15-7-5-13(9-21-15)17-19(25-18(23-17)12-3-2-4-12)26-16-8-6-14(20)10-22-16/h5-12,24H,2-4H2,1H3/t11-/m1/s1. The van der Waals surface area contributed by atoms with Crippen molar-refractivity contribution in [3.63, 3.8) is 0 Å². The molecule has 0 amide bonds. The number of halogens is 1. The van der Waals surface area contributed by atoms with E-state index in [4.69, 9.17) is 21.0 Å². The van der Waals surface area contributed by atoms with Gasteiger partial charge in [0.25, 0.3) is 0 Å². The first-order valence-corrected chi connectivity index (χ1v) is 9.74. The van der Waals surface area contributed by atoms with Gasteiger partial charge < -0.3 is 9.52 Å². The van der Waals surface area contributed by atoms with Crippen LogP contribution in [0, 0.1) is 0 Å². The Bertz CT molecular complexity index is 890. The zero-order valence-electron chi connectivity index (χ0n) is 14.2. The van der Waals surface area contributed by atoms with Crippen LogP contribution in [0.15, 0.2) is 51.2 Å². The van der Waals surface area contributed by atoms with E-state index in [1.54, 1.807) is 25.4 Å². The van der Waals surface area contributed by atoms with E-state index < -0.39 is 6.10 Å². The van der Waals surface area contributed by atoms with E-state index >= 15 is 0 Å². The van der Waals surface area contributed by atoms with Crippen molar-refractivity contribution in [1.82, 2.24) is 15.0 Å². The summed E-state index contributed by atoms with van der Waals surface area (Å²) in [4.78, 5) is 13.4. The Labute approximate surface area is 160 Å². The minimum absolute atomic E-state index is 0.394. The summed E-state index contributed by atoms with van der Waals surface area (Å²) in [6, 6.07) is 7.39. The molecule has 0 spiro atoms. The number of rotatable bonds is 5. The molecule has 134 valence electrons. The normalized spacial score (nSPS) is 15.7. The van der Waals surface area contributed by atoms with E-state index in [2.05, 4.69) is 9.97 Å². The number of aliphatic hydroxyl groups excluding tert-OH is 1.